The van der Waals surface area contributed by atoms with Gasteiger partial charge in [0.1, 0.15) is 25.4 Å². The molecule has 264 valence electrons. The van der Waals surface area contributed by atoms with E-state index in [2.05, 4.69) is 16.0 Å². The second-order valence-electron chi connectivity index (χ2n) is 11.8. The molecule has 50 heavy (non-hydrogen) atoms. The van der Waals surface area contributed by atoms with Crippen LogP contribution >= 0.6 is 11.3 Å². The van der Waals surface area contributed by atoms with Crippen LogP contribution in [0.25, 0.3) is 10.4 Å². The van der Waals surface area contributed by atoms with E-state index in [4.69, 9.17) is 23.7 Å². The smallest absolute Gasteiger partial charge is 0.412 e. The highest BCUT2D eigenvalue weighted by Gasteiger charge is 2.19. The Bertz CT molecular complexity index is 1690. The number of thiophene rings is 1. The molecule has 0 aliphatic heterocycles. The molecule has 0 bridgehead atoms. The third-order valence-corrected chi connectivity index (χ3v) is 7.50. The Balaban J connectivity index is 1.15. The van der Waals surface area contributed by atoms with Gasteiger partial charge in [0.2, 0.25) is 5.91 Å². The maximum absolute atomic E-state index is 13.2. The number of benzene rings is 3. The standard InChI is InChI=1S/C37H41N3O9S/c1-37(2,3)49-36(44)40-30-16-13-28(32-10-7-21-50-32)22-31(30)39-35(43)27-11-14-29(15-12-27)38-33(41)24-46-19-17-45-18-20-47-25-34(42)48-23-26-8-5-4-6-9-26/h4-16,21-22H,17-20,23-25H2,1-3H3,(H,38,41)(H,39,43)(H,40,44). The first-order valence-corrected chi connectivity index (χ1v) is 16.8. The molecule has 1 aromatic heterocycles. The van der Waals surface area contributed by atoms with Gasteiger partial charge in [-0.15, -0.1) is 11.3 Å². The molecular formula is C37H41N3O9S. The number of hydrogen-bond acceptors (Lipinski definition) is 10. The number of nitrogens with one attached hydrogen (secondary N) is 3. The Morgan fingerprint density at radius 3 is 2.08 bits per heavy atom. The minimum atomic E-state index is -0.692. The maximum atomic E-state index is 13.2. The highest BCUT2D eigenvalue weighted by atomic mass is 32.1. The zero-order valence-electron chi connectivity index (χ0n) is 28.2. The van der Waals surface area contributed by atoms with E-state index in [1.165, 1.54) is 0 Å². The Morgan fingerprint density at radius 1 is 0.700 bits per heavy atom. The van der Waals surface area contributed by atoms with Crippen molar-refractivity contribution in [1.82, 2.24) is 0 Å². The van der Waals surface area contributed by atoms with E-state index in [0.29, 0.717) is 22.6 Å². The molecule has 0 atom stereocenters. The van der Waals surface area contributed by atoms with Gasteiger partial charge in [0.15, 0.2) is 0 Å². The molecule has 0 aliphatic carbocycles. The van der Waals surface area contributed by atoms with E-state index in [0.717, 1.165) is 16.0 Å². The van der Waals surface area contributed by atoms with Crippen LogP contribution in [0, 0.1) is 0 Å². The number of carbonyl (C=O) groups is 4. The van der Waals surface area contributed by atoms with Crippen LogP contribution in [-0.2, 0) is 39.9 Å². The van der Waals surface area contributed by atoms with Gasteiger partial charge in [-0.2, -0.15) is 0 Å². The summed E-state index contributed by atoms with van der Waals surface area (Å²) in [7, 11) is 0. The van der Waals surface area contributed by atoms with Crippen molar-refractivity contribution in [2.24, 2.45) is 0 Å². The van der Waals surface area contributed by atoms with Crippen molar-refractivity contribution in [3.8, 4) is 10.4 Å². The minimum Gasteiger partial charge on any atom is -0.459 e. The largest absolute Gasteiger partial charge is 0.459 e. The Hall–Kier alpha value is -5.08. The minimum absolute atomic E-state index is 0.170. The molecule has 0 radical (unpaired) electrons. The molecule has 0 spiro atoms. The predicted molar refractivity (Wildman–Crippen MR) is 191 cm³/mol. The van der Waals surface area contributed by atoms with E-state index >= 15 is 0 Å². The van der Waals surface area contributed by atoms with Gasteiger partial charge >= 0.3 is 12.1 Å². The Morgan fingerprint density at radius 2 is 1.40 bits per heavy atom. The Kier molecular flexibility index (Phi) is 14.5. The monoisotopic (exact) mass is 703 g/mol. The van der Waals surface area contributed by atoms with Gasteiger partial charge < -0.3 is 34.3 Å². The topological polar surface area (TPSA) is 151 Å². The average Bonchev–Trinajstić information content (AvgIpc) is 3.63. The third-order valence-electron chi connectivity index (χ3n) is 6.58. The van der Waals surface area contributed by atoms with Gasteiger partial charge in [0, 0.05) is 16.1 Å². The predicted octanol–water partition coefficient (Wildman–Crippen LogP) is 6.75. The van der Waals surface area contributed by atoms with Crippen molar-refractivity contribution < 1.29 is 42.9 Å². The molecular weight excluding hydrogens is 662 g/mol. The Labute approximate surface area is 295 Å². The first-order valence-electron chi connectivity index (χ1n) is 15.9. The lowest BCUT2D eigenvalue weighted by atomic mass is 10.1. The number of esters is 1. The quantitative estimate of drug-likeness (QED) is 0.0802. The molecule has 0 unspecified atom stereocenters. The fourth-order valence-corrected chi connectivity index (χ4v) is 5.02. The average molecular weight is 704 g/mol. The summed E-state index contributed by atoms with van der Waals surface area (Å²) < 4.78 is 26.5. The summed E-state index contributed by atoms with van der Waals surface area (Å²) >= 11 is 1.55. The van der Waals surface area contributed by atoms with E-state index in [1.54, 1.807) is 68.5 Å². The lowest BCUT2D eigenvalue weighted by Gasteiger charge is -2.21. The van der Waals surface area contributed by atoms with E-state index in [1.807, 2.05) is 53.9 Å². The molecule has 3 aromatic carbocycles. The van der Waals surface area contributed by atoms with Gasteiger partial charge in [0.05, 0.1) is 37.8 Å². The zero-order chi connectivity index (χ0) is 35.8. The molecule has 3 N–H and O–H groups in total. The van der Waals surface area contributed by atoms with Crippen LogP contribution in [0.15, 0.2) is 90.3 Å². The summed E-state index contributed by atoms with van der Waals surface area (Å²) in [6, 6.07) is 25.0. The fraction of sp³-hybridized carbons (Fsp3) is 0.297. The lowest BCUT2D eigenvalue weighted by Crippen LogP contribution is -2.27. The van der Waals surface area contributed by atoms with Crippen LogP contribution in [-0.4, -0.2) is 69.1 Å². The van der Waals surface area contributed by atoms with Crippen molar-refractivity contribution in [2.75, 3.05) is 55.6 Å². The number of rotatable bonds is 17. The van der Waals surface area contributed by atoms with Gasteiger partial charge in [-0.25, -0.2) is 9.59 Å². The number of amides is 3. The normalized spacial score (nSPS) is 11.0. The van der Waals surface area contributed by atoms with Crippen LogP contribution in [0.1, 0.15) is 36.7 Å². The maximum Gasteiger partial charge on any atom is 0.412 e. The molecule has 13 heteroatoms. The number of carbonyl (C=O) groups excluding carboxylic acids is 4. The van der Waals surface area contributed by atoms with Crippen LogP contribution < -0.4 is 16.0 Å². The summed E-state index contributed by atoms with van der Waals surface area (Å²) in [5.41, 5.74) is 2.69. The molecule has 12 nitrogen and oxygen atoms in total. The molecule has 0 fully saturated rings. The van der Waals surface area contributed by atoms with Gasteiger partial charge in [-0.3, -0.25) is 14.9 Å². The van der Waals surface area contributed by atoms with Crippen molar-refractivity contribution >= 4 is 52.3 Å². The van der Waals surface area contributed by atoms with E-state index < -0.39 is 23.6 Å². The SMILES string of the molecule is CC(C)(C)OC(=O)Nc1ccc(-c2cccs2)cc1NC(=O)c1ccc(NC(=O)COCCOCCOCC(=O)OCc2ccccc2)cc1. The molecule has 1 heterocycles. The van der Waals surface area contributed by atoms with Crippen molar-refractivity contribution in [3.05, 3.63) is 101 Å². The molecule has 4 rings (SSSR count). The lowest BCUT2D eigenvalue weighted by molar-refractivity contribution is -0.150. The summed E-state index contributed by atoms with van der Waals surface area (Å²) in [4.78, 5) is 50.8. The second-order valence-corrected chi connectivity index (χ2v) is 12.8. The molecule has 0 saturated carbocycles. The van der Waals surface area contributed by atoms with Crippen molar-refractivity contribution in [1.29, 1.82) is 0 Å². The number of hydrogen-bond donors (Lipinski definition) is 3. The van der Waals surface area contributed by atoms with Gasteiger partial charge in [0.25, 0.3) is 5.91 Å². The van der Waals surface area contributed by atoms with Crippen LogP contribution in [0.4, 0.5) is 21.9 Å². The molecule has 0 saturated heterocycles. The first-order chi connectivity index (χ1) is 24.1. The molecule has 0 aliphatic rings. The molecule has 4 aromatic rings. The summed E-state index contributed by atoms with van der Waals surface area (Å²) in [6.07, 6.45) is -0.644. The summed E-state index contributed by atoms with van der Waals surface area (Å²) in [5.74, 6) is -1.24. The second kappa shape index (κ2) is 19.2. The van der Waals surface area contributed by atoms with Gasteiger partial charge in [-0.1, -0.05) is 42.5 Å². The first kappa shape index (κ1) is 37.7. The van der Waals surface area contributed by atoms with E-state index in [-0.39, 0.29) is 52.2 Å². The third kappa shape index (κ3) is 13.4. The number of ether oxygens (including phenoxy) is 5. The highest BCUT2D eigenvalue weighted by molar-refractivity contribution is 7.13. The highest BCUT2D eigenvalue weighted by Crippen LogP contribution is 2.32. The van der Waals surface area contributed by atoms with E-state index in [9.17, 15) is 19.2 Å². The van der Waals surface area contributed by atoms with Crippen LogP contribution in [0.5, 0.6) is 0 Å². The van der Waals surface area contributed by atoms with Gasteiger partial charge in [-0.05, 0) is 79.7 Å². The van der Waals surface area contributed by atoms with Crippen molar-refractivity contribution in [3.63, 3.8) is 0 Å². The van der Waals surface area contributed by atoms with Crippen molar-refractivity contribution in [2.45, 2.75) is 33.0 Å². The zero-order valence-corrected chi connectivity index (χ0v) is 29.0. The van der Waals surface area contributed by atoms with Crippen LogP contribution in [0.3, 0.4) is 0 Å². The summed E-state index contributed by atoms with van der Waals surface area (Å²) in [6.45, 7) is 6.02. The molecule has 3 amide bonds. The number of anilines is 3. The summed E-state index contributed by atoms with van der Waals surface area (Å²) in [5, 5.41) is 10.3. The fourth-order valence-electron chi connectivity index (χ4n) is 4.30. The van der Waals surface area contributed by atoms with Crippen LogP contribution in [0.2, 0.25) is 0 Å².